The van der Waals surface area contributed by atoms with Crippen molar-refractivity contribution < 1.29 is 13.2 Å². The van der Waals surface area contributed by atoms with Crippen LogP contribution in [0.5, 0.6) is 0 Å². The highest BCUT2D eigenvalue weighted by Gasteiger charge is 2.26. The third-order valence-electron chi connectivity index (χ3n) is 4.61. The van der Waals surface area contributed by atoms with E-state index in [0.29, 0.717) is 16.7 Å². The fourth-order valence-corrected chi connectivity index (χ4v) is 4.54. The maximum atomic E-state index is 13.0. The van der Waals surface area contributed by atoms with Gasteiger partial charge < -0.3 is 5.32 Å². The Morgan fingerprint density at radius 1 is 1.10 bits per heavy atom. The van der Waals surface area contributed by atoms with E-state index >= 15 is 0 Å². The van der Waals surface area contributed by atoms with Crippen LogP contribution in [0.15, 0.2) is 59.8 Å². The smallest absolute Gasteiger partial charge is 0.245 e. The zero-order chi connectivity index (χ0) is 20.6. The molecule has 2 aromatic heterocycles. The predicted molar refractivity (Wildman–Crippen MR) is 111 cm³/mol. The lowest BCUT2D eigenvalue weighted by molar-refractivity contribution is -0.116. The molecule has 0 fully saturated rings. The first-order valence-corrected chi connectivity index (χ1v) is 10.3. The first-order valence-electron chi connectivity index (χ1n) is 8.89. The minimum absolute atomic E-state index is 0.0872. The molecule has 0 atom stereocenters. The molecule has 0 aliphatic heterocycles. The SMILES string of the molecule is Cc1cc(S(=O)(=O)N(C)CC(=O)Nc2cc3ccccc3cn2)c2[nH]ncc2c1. The number of benzene rings is 2. The summed E-state index contributed by atoms with van der Waals surface area (Å²) in [5.74, 6) is -0.113. The van der Waals surface area contributed by atoms with Crippen LogP contribution in [0.4, 0.5) is 5.82 Å². The van der Waals surface area contributed by atoms with E-state index in [1.165, 1.54) is 7.05 Å². The second-order valence-corrected chi connectivity index (χ2v) is 8.84. The van der Waals surface area contributed by atoms with Crippen molar-refractivity contribution in [2.45, 2.75) is 11.8 Å². The van der Waals surface area contributed by atoms with E-state index in [0.717, 1.165) is 20.6 Å². The normalized spacial score (nSPS) is 12.0. The van der Waals surface area contributed by atoms with Gasteiger partial charge in [0.1, 0.15) is 10.7 Å². The number of hydrogen-bond acceptors (Lipinski definition) is 5. The summed E-state index contributed by atoms with van der Waals surface area (Å²) in [5.41, 5.74) is 1.20. The Morgan fingerprint density at radius 3 is 2.66 bits per heavy atom. The monoisotopic (exact) mass is 409 g/mol. The lowest BCUT2D eigenvalue weighted by Gasteiger charge is -2.17. The molecule has 0 radical (unpaired) electrons. The Balaban J connectivity index is 1.54. The molecule has 0 unspecified atom stereocenters. The van der Waals surface area contributed by atoms with Crippen LogP contribution in [0.2, 0.25) is 0 Å². The number of H-pyrrole nitrogens is 1. The number of aryl methyl sites for hydroxylation is 1. The number of fused-ring (bicyclic) bond motifs is 2. The van der Waals surface area contributed by atoms with E-state index in [-0.39, 0.29) is 11.4 Å². The minimum atomic E-state index is -3.90. The van der Waals surface area contributed by atoms with Crippen molar-refractivity contribution in [2.24, 2.45) is 0 Å². The molecule has 0 saturated carbocycles. The van der Waals surface area contributed by atoms with E-state index in [2.05, 4.69) is 20.5 Å². The second-order valence-electron chi connectivity index (χ2n) is 6.82. The summed E-state index contributed by atoms with van der Waals surface area (Å²) in [6.07, 6.45) is 3.23. The number of carbonyl (C=O) groups is 1. The molecule has 29 heavy (non-hydrogen) atoms. The molecule has 0 aliphatic carbocycles. The molecule has 1 amide bonds. The Kier molecular flexibility index (Phi) is 4.77. The topological polar surface area (TPSA) is 108 Å². The molecule has 0 spiro atoms. The summed E-state index contributed by atoms with van der Waals surface area (Å²) in [6, 6.07) is 12.8. The number of pyridine rings is 1. The van der Waals surface area contributed by atoms with Crippen molar-refractivity contribution in [3.63, 3.8) is 0 Å². The summed E-state index contributed by atoms with van der Waals surface area (Å²) in [7, 11) is -2.53. The summed E-state index contributed by atoms with van der Waals surface area (Å²) in [4.78, 5) is 16.7. The van der Waals surface area contributed by atoms with E-state index in [9.17, 15) is 13.2 Å². The quantitative estimate of drug-likeness (QED) is 0.527. The molecule has 148 valence electrons. The van der Waals surface area contributed by atoms with Crippen molar-refractivity contribution in [1.82, 2.24) is 19.5 Å². The highest BCUT2D eigenvalue weighted by molar-refractivity contribution is 7.89. The number of amides is 1. The summed E-state index contributed by atoms with van der Waals surface area (Å²) >= 11 is 0. The van der Waals surface area contributed by atoms with Gasteiger partial charge in [0.2, 0.25) is 15.9 Å². The largest absolute Gasteiger partial charge is 0.310 e. The van der Waals surface area contributed by atoms with Gasteiger partial charge in [-0.05, 0) is 36.1 Å². The first-order chi connectivity index (χ1) is 13.8. The molecular formula is C20H19N5O3S. The van der Waals surface area contributed by atoms with E-state index in [1.54, 1.807) is 24.5 Å². The maximum Gasteiger partial charge on any atom is 0.245 e. The molecule has 2 N–H and O–H groups in total. The highest BCUT2D eigenvalue weighted by atomic mass is 32.2. The van der Waals surface area contributed by atoms with Crippen LogP contribution in [0.3, 0.4) is 0 Å². The number of carbonyl (C=O) groups excluding carboxylic acids is 1. The van der Waals surface area contributed by atoms with Gasteiger partial charge in [-0.15, -0.1) is 0 Å². The van der Waals surface area contributed by atoms with Gasteiger partial charge in [-0.2, -0.15) is 9.40 Å². The van der Waals surface area contributed by atoms with Gasteiger partial charge in [-0.25, -0.2) is 13.4 Å². The average Bonchev–Trinajstić information content (AvgIpc) is 3.15. The Morgan fingerprint density at radius 2 is 1.86 bits per heavy atom. The van der Waals surface area contributed by atoms with Crippen LogP contribution in [0, 0.1) is 6.92 Å². The second kappa shape index (κ2) is 7.26. The Labute approximate surface area is 167 Å². The number of likely N-dealkylation sites (N-methyl/N-ethyl adjacent to an activating group) is 1. The van der Waals surface area contributed by atoms with Crippen molar-refractivity contribution in [3.8, 4) is 0 Å². The number of aromatic amines is 1. The predicted octanol–water partition coefficient (Wildman–Crippen LogP) is 2.68. The molecule has 4 rings (SSSR count). The van der Waals surface area contributed by atoms with Crippen LogP contribution in [0.25, 0.3) is 21.7 Å². The van der Waals surface area contributed by atoms with Crippen molar-refractivity contribution in [2.75, 3.05) is 18.9 Å². The average molecular weight is 409 g/mol. The first kappa shape index (κ1) is 19.0. The summed E-state index contributed by atoms with van der Waals surface area (Å²) in [6.45, 7) is 1.46. The molecule has 8 nitrogen and oxygen atoms in total. The number of anilines is 1. The van der Waals surface area contributed by atoms with Crippen molar-refractivity contribution in [3.05, 3.63) is 60.4 Å². The molecule has 4 aromatic rings. The molecule has 0 aliphatic rings. The van der Waals surface area contributed by atoms with E-state index in [4.69, 9.17) is 0 Å². The number of nitrogens with zero attached hydrogens (tertiary/aromatic N) is 3. The van der Waals surface area contributed by atoms with Gasteiger partial charge in [0, 0.05) is 24.0 Å². The van der Waals surface area contributed by atoms with Gasteiger partial charge in [0.15, 0.2) is 0 Å². The van der Waals surface area contributed by atoms with Crippen LogP contribution in [-0.2, 0) is 14.8 Å². The fraction of sp³-hybridized carbons (Fsp3) is 0.150. The van der Waals surface area contributed by atoms with Gasteiger partial charge in [-0.1, -0.05) is 24.3 Å². The van der Waals surface area contributed by atoms with Gasteiger partial charge in [0.05, 0.1) is 18.3 Å². The summed E-state index contributed by atoms with van der Waals surface area (Å²) < 4.78 is 27.1. The molecule has 0 bridgehead atoms. The van der Waals surface area contributed by atoms with Gasteiger partial charge in [-0.3, -0.25) is 9.89 Å². The minimum Gasteiger partial charge on any atom is -0.310 e. The fourth-order valence-electron chi connectivity index (χ4n) is 3.16. The zero-order valence-corrected chi connectivity index (χ0v) is 16.7. The van der Waals surface area contributed by atoms with Crippen LogP contribution >= 0.6 is 0 Å². The van der Waals surface area contributed by atoms with Gasteiger partial charge in [0.25, 0.3) is 0 Å². The van der Waals surface area contributed by atoms with Crippen LogP contribution in [-0.4, -0.2) is 47.4 Å². The number of sulfonamides is 1. The summed E-state index contributed by atoms with van der Waals surface area (Å²) in [5, 5.41) is 11.9. The maximum absolute atomic E-state index is 13.0. The van der Waals surface area contributed by atoms with Crippen molar-refractivity contribution >= 4 is 43.4 Å². The number of hydrogen-bond donors (Lipinski definition) is 2. The number of nitrogens with one attached hydrogen (secondary N) is 2. The zero-order valence-electron chi connectivity index (χ0n) is 15.9. The van der Waals surface area contributed by atoms with Crippen LogP contribution in [0.1, 0.15) is 5.56 Å². The molecular weight excluding hydrogens is 390 g/mol. The molecule has 2 aromatic carbocycles. The number of rotatable bonds is 5. The van der Waals surface area contributed by atoms with Crippen molar-refractivity contribution in [1.29, 1.82) is 0 Å². The third-order valence-corrected chi connectivity index (χ3v) is 6.44. The third kappa shape index (κ3) is 3.69. The highest BCUT2D eigenvalue weighted by Crippen LogP contribution is 2.25. The standard InChI is InChI=1S/C20H19N5O3S/c1-13-7-16-11-22-24-20(16)17(8-13)29(27,28)25(2)12-19(26)23-18-9-14-5-3-4-6-15(14)10-21-18/h3-11H,12H2,1-2H3,(H,22,24)(H,21,23,26). The molecule has 2 heterocycles. The Bertz CT molecular complexity index is 1330. The van der Waals surface area contributed by atoms with Crippen LogP contribution < -0.4 is 5.32 Å². The van der Waals surface area contributed by atoms with Gasteiger partial charge >= 0.3 is 0 Å². The lowest BCUT2D eigenvalue weighted by atomic mass is 10.2. The Hall–Kier alpha value is -3.30. The molecule has 9 heteroatoms. The lowest BCUT2D eigenvalue weighted by Crippen LogP contribution is -2.35. The number of aromatic nitrogens is 3. The molecule has 0 saturated heterocycles. The van der Waals surface area contributed by atoms with E-state index < -0.39 is 15.9 Å². The van der Waals surface area contributed by atoms with E-state index in [1.807, 2.05) is 37.3 Å².